The third kappa shape index (κ3) is 3.27. The van der Waals surface area contributed by atoms with Gasteiger partial charge in [0.1, 0.15) is 9.45 Å². The van der Waals surface area contributed by atoms with E-state index in [1.165, 1.54) is 0 Å². The Balaban J connectivity index is 2.15. The van der Waals surface area contributed by atoms with E-state index in [1.54, 1.807) is 18.7 Å². The van der Waals surface area contributed by atoms with Crippen molar-refractivity contribution in [1.29, 1.82) is 0 Å². The van der Waals surface area contributed by atoms with Crippen LogP contribution in [0.5, 0.6) is 5.75 Å². The Morgan fingerprint density at radius 2 is 2.05 bits per heavy atom. The normalized spacial score (nSPS) is 10.3. The van der Waals surface area contributed by atoms with Crippen LogP contribution in [0.3, 0.4) is 0 Å². The first-order valence-electron chi connectivity index (χ1n) is 6.04. The van der Waals surface area contributed by atoms with E-state index < -0.39 is 5.97 Å². The molecule has 0 fully saturated rings. The highest BCUT2D eigenvalue weighted by Gasteiger charge is 2.18. The van der Waals surface area contributed by atoms with Crippen LogP contribution < -0.4 is 4.74 Å². The maximum Gasteiger partial charge on any atom is 0.361 e. The molecule has 1 aromatic carbocycles. The summed E-state index contributed by atoms with van der Waals surface area (Å²) in [5.74, 6) is 0.354. The Morgan fingerprint density at radius 3 is 2.65 bits per heavy atom. The summed E-state index contributed by atoms with van der Waals surface area (Å²) in [5.41, 5.74) is 1.30. The zero-order valence-corrected chi connectivity index (χ0v) is 13.3. The van der Waals surface area contributed by atoms with Crippen LogP contribution in [0.4, 0.5) is 0 Å². The van der Waals surface area contributed by atoms with Crippen molar-refractivity contribution in [2.45, 2.75) is 13.5 Å². The lowest BCUT2D eigenvalue weighted by Crippen LogP contribution is -2.09. The maximum atomic E-state index is 11.7. The van der Waals surface area contributed by atoms with E-state index in [2.05, 4.69) is 10.3 Å². The van der Waals surface area contributed by atoms with Crippen molar-refractivity contribution in [3.63, 3.8) is 0 Å². The fourth-order valence-corrected chi connectivity index (χ4v) is 2.23. The van der Waals surface area contributed by atoms with E-state index in [4.69, 9.17) is 9.47 Å². The molecule has 2 rings (SSSR count). The first-order chi connectivity index (χ1) is 9.65. The van der Waals surface area contributed by atoms with Gasteiger partial charge in [-0.05, 0) is 47.2 Å². The first-order valence-corrected chi connectivity index (χ1v) is 7.12. The molecule has 0 spiro atoms. The van der Waals surface area contributed by atoms with Gasteiger partial charge in [0, 0.05) is 0 Å². The second-order valence-corrected chi connectivity index (χ2v) is 4.98. The molecule has 0 saturated carbocycles. The minimum absolute atomic E-state index is 0.251. The molecule has 106 valence electrons. The predicted octanol–water partition coefficient (Wildman–Crippen LogP) is 2.12. The number of hydrogen-bond acceptors (Lipinski definition) is 5. The number of aromatic nitrogens is 3. The van der Waals surface area contributed by atoms with Crippen molar-refractivity contribution in [2.75, 3.05) is 13.7 Å². The monoisotopic (exact) mass is 387 g/mol. The van der Waals surface area contributed by atoms with E-state index in [1.807, 2.05) is 46.9 Å². The van der Waals surface area contributed by atoms with Crippen LogP contribution in [-0.2, 0) is 11.3 Å². The SMILES string of the molecule is CCOC(=O)c1nnn(Cc2ccc(OC)cc2)c1I. The summed E-state index contributed by atoms with van der Waals surface area (Å²) < 4.78 is 12.4. The van der Waals surface area contributed by atoms with Gasteiger partial charge in [0.25, 0.3) is 0 Å². The Labute approximate surface area is 130 Å². The molecule has 0 aliphatic heterocycles. The molecule has 1 aromatic heterocycles. The predicted molar refractivity (Wildman–Crippen MR) is 80.8 cm³/mol. The quantitative estimate of drug-likeness (QED) is 0.581. The number of esters is 1. The third-order valence-corrected chi connectivity index (χ3v) is 3.70. The summed E-state index contributed by atoms with van der Waals surface area (Å²) >= 11 is 2.04. The average Bonchev–Trinajstić information content (AvgIpc) is 2.81. The van der Waals surface area contributed by atoms with Gasteiger partial charge in [-0.25, -0.2) is 9.48 Å². The Hall–Kier alpha value is -1.64. The van der Waals surface area contributed by atoms with Gasteiger partial charge in [0.2, 0.25) is 5.69 Å². The van der Waals surface area contributed by atoms with Crippen LogP contribution in [0, 0.1) is 3.70 Å². The van der Waals surface area contributed by atoms with Gasteiger partial charge in [0.15, 0.2) is 0 Å². The summed E-state index contributed by atoms with van der Waals surface area (Å²) in [6.07, 6.45) is 0. The van der Waals surface area contributed by atoms with Crippen LogP contribution in [0.15, 0.2) is 24.3 Å². The van der Waals surface area contributed by atoms with Gasteiger partial charge in [0.05, 0.1) is 20.3 Å². The number of nitrogens with zero attached hydrogens (tertiary/aromatic N) is 3. The van der Waals surface area contributed by atoms with Gasteiger partial charge in [-0.2, -0.15) is 0 Å². The van der Waals surface area contributed by atoms with E-state index >= 15 is 0 Å². The van der Waals surface area contributed by atoms with Gasteiger partial charge in [-0.3, -0.25) is 0 Å². The van der Waals surface area contributed by atoms with Crippen LogP contribution in [-0.4, -0.2) is 34.7 Å². The average molecular weight is 387 g/mol. The zero-order valence-electron chi connectivity index (χ0n) is 11.2. The molecule has 0 aliphatic carbocycles. The molecule has 1 heterocycles. The number of benzene rings is 1. The molecule has 0 atom stereocenters. The van der Waals surface area contributed by atoms with Crippen LogP contribution >= 0.6 is 22.6 Å². The summed E-state index contributed by atoms with van der Waals surface area (Å²) in [6, 6.07) is 7.65. The number of carbonyl (C=O) groups is 1. The van der Waals surface area contributed by atoms with E-state index in [9.17, 15) is 4.79 Å². The molecule has 6 nitrogen and oxygen atoms in total. The third-order valence-electron chi connectivity index (χ3n) is 2.63. The maximum absolute atomic E-state index is 11.7. The highest BCUT2D eigenvalue weighted by Crippen LogP contribution is 2.15. The number of halogens is 1. The number of methoxy groups -OCH3 is 1. The largest absolute Gasteiger partial charge is 0.497 e. The van der Waals surface area contributed by atoms with Gasteiger partial charge in [-0.1, -0.05) is 17.3 Å². The number of ether oxygens (including phenoxy) is 2. The van der Waals surface area contributed by atoms with Gasteiger partial charge in [-0.15, -0.1) is 5.10 Å². The topological polar surface area (TPSA) is 66.2 Å². The minimum Gasteiger partial charge on any atom is -0.497 e. The van der Waals surface area contributed by atoms with Crippen LogP contribution in [0.2, 0.25) is 0 Å². The van der Waals surface area contributed by atoms with Crippen molar-refractivity contribution >= 4 is 28.6 Å². The van der Waals surface area contributed by atoms with Gasteiger partial charge >= 0.3 is 5.97 Å². The van der Waals surface area contributed by atoms with Crippen molar-refractivity contribution < 1.29 is 14.3 Å². The summed E-state index contributed by atoms with van der Waals surface area (Å²) in [7, 11) is 1.63. The van der Waals surface area contributed by atoms with Crippen molar-refractivity contribution in [1.82, 2.24) is 15.0 Å². The minimum atomic E-state index is -0.446. The molecule has 0 amide bonds. The van der Waals surface area contributed by atoms with E-state index in [0.29, 0.717) is 16.9 Å². The van der Waals surface area contributed by atoms with Crippen LogP contribution in [0.25, 0.3) is 0 Å². The van der Waals surface area contributed by atoms with Gasteiger partial charge < -0.3 is 9.47 Å². The Bertz CT molecular complexity index is 595. The van der Waals surface area contributed by atoms with Crippen molar-refractivity contribution in [3.8, 4) is 5.75 Å². The Kier molecular flexibility index (Phi) is 4.94. The molecule has 2 aromatic rings. The lowest BCUT2D eigenvalue weighted by atomic mass is 10.2. The highest BCUT2D eigenvalue weighted by atomic mass is 127. The molecule has 0 bridgehead atoms. The molecule has 7 heteroatoms. The fraction of sp³-hybridized carbons (Fsp3) is 0.308. The molecule has 0 unspecified atom stereocenters. The van der Waals surface area contributed by atoms with Crippen LogP contribution in [0.1, 0.15) is 23.0 Å². The lowest BCUT2D eigenvalue weighted by molar-refractivity contribution is 0.0518. The zero-order chi connectivity index (χ0) is 14.5. The number of hydrogen-bond donors (Lipinski definition) is 0. The fourth-order valence-electron chi connectivity index (χ4n) is 1.63. The number of rotatable bonds is 5. The first kappa shape index (κ1) is 14.8. The molecule has 0 N–H and O–H groups in total. The molecule has 0 radical (unpaired) electrons. The standard InChI is InChI=1S/C13H14IN3O3/c1-3-20-13(18)11-12(14)17(16-15-11)8-9-4-6-10(19-2)7-5-9/h4-7H,3,8H2,1-2H3. The molecular weight excluding hydrogens is 373 g/mol. The smallest absolute Gasteiger partial charge is 0.361 e. The summed E-state index contributed by atoms with van der Waals surface area (Å²) in [6.45, 7) is 2.61. The second-order valence-electron chi connectivity index (χ2n) is 3.96. The molecular formula is C13H14IN3O3. The number of carbonyl (C=O) groups excluding carboxylic acids is 1. The van der Waals surface area contributed by atoms with E-state index in [0.717, 1.165) is 11.3 Å². The molecule has 0 aliphatic rings. The Morgan fingerprint density at radius 1 is 1.35 bits per heavy atom. The highest BCUT2D eigenvalue weighted by molar-refractivity contribution is 14.1. The van der Waals surface area contributed by atoms with Crippen molar-refractivity contribution in [2.24, 2.45) is 0 Å². The molecule has 0 saturated heterocycles. The molecule has 20 heavy (non-hydrogen) atoms. The van der Waals surface area contributed by atoms with E-state index in [-0.39, 0.29) is 5.69 Å². The van der Waals surface area contributed by atoms with Crippen molar-refractivity contribution in [3.05, 3.63) is 39.2 Å². The lowest BCUT2D eigenvalue weighted by Gasteiger charge is -2.04. The summed E-state index contributed by atoms with van der Waals surface area (Å²) in [5, 5.41) is 7.85. The summed E-state index contributed by atoms with van der Waals surface area (Å²) in [4.78, 5) is 11.7. The second kappa shape index (κ2) is 6.69.